The summed E-state index contributed by atoms with van der Waals surface area (Å²) in [6.07, 6.45) is 2.27. The maximum atomic E-state index is 5.31. The van der Waals surface area contributed by atoms with Gasteiger partial charge in [-0.1, -0.05) is 19.4 Å². The zero-order valence-corrected chi connectivity index (χ0v) is 7.76. The molecule has 0 amide bonds. The molecule has 0 fully saturated rings. The Kier molecular flexibility index (Phi) is 3.65. The molecule has 1 rings (SSSR count). The van der Waals surface area contributed by atoms with Crippen LogP contribution in [0.1, 0.15) is 25.8 Å². The molecule has 1 nitrogen and oxygen atoms in total. The van der Waals surface area contributed by atoms with Crippen molar-refractivity contribution < 1.29 is 4.74 Å². The minimum atomic E-state index is 0.723. The van der Waals surface area contributed by atoms with Gasteiger partial charge in [0.25, 0.3) is 0 Å². The molecule has 0 atom stereocenters. The molecule has 0 saturated heterocycles. The topological polar surface area (TPSA) is 9.23 Å². The molecule has 0 aliphatic heterocycles. The lowest BCUT2D eigenvalue weighted by Crippen LogP contribution is -1.91. The number of ether oxygens (including phenoxy) is 1. The van der Waals surface area contributed by atoms with E-state index in [1.54, 1.807) is 0 Å². The van der Waals surface area contributed by atoms with E-state index in [4.69, 9.17) is 4.74 Å². The van der Waals surface area contributed by atoms with E-state index in [0.717, 1.165) is 18.8 Å². The van der Waals surface area contributed by atoms with Gasteiger partial charge in [0.2, 0.25) is 0 Å². The third-order valence-electron chi connectivity index (χ3n) is 1.68. The number of hydrogen-bond acceptors (Lipinski definition) is 1. The van der Waals surface area contributed by atoms with Gasteiger partial charge in [-0.2, -0.15) is 0 Å². The predicted octanol–water partition coefficient (Wildman–Crippen LogP) is 2.84. The monoisotopic (exact) mass is 163 g/mol. The van der Waals surface area contributed by atoms with Crippen LogP contribution in [0.2, 0.25) is 0 Å². The number of rotatable bonds is 4. The van der Waals surface area contributed by atoms with Crippen molar-refractivity contribution >= 4 is 0 Å². The summed E-state index contributed by atoms with van der Waals surface area (Å²) in [5.41, 5.74) is 1.26. The molecule has 0 spiro atoms. The average Bonchev–Trinajstić information content (AvgIpc) is 2.09. The molecule has 1 heteroatoms. The zero-order chi connectivity index (χ0) is 8.81. The maximum absolute atomic E-state index is 5.31. The van der Waals surface area contributed by atoms with E-state index in [1.807, 2.05) is 19.1 Å². The fraction of sp³-hybridized carbons (Fsp3) is 0.455. The SMILES string of the molecule is CCCc1[c]cc(OCC)cc1. The Labute approximate surface area is 74.4 Å². The first-order valence-corrected chi connectivity index (χ1v) is 4.50. The van der Waals surface area contributed by atoms with E-state index in [1.165, 1.54) is 12.0 Å². The first-order valence-electron chi connectivity index (χ1n) is 4.50. The summed E-state index contributed by atoms with van der Waals surface area (Å²) in [4.78, 5) is 0. The molecule has 0 aliphatic rings. The second-order valence-corrected chi connectivity index (χ2v) is 2.73. The third kappa shape index (κ3) is 2.57. The van der Waals surface area contributed by atoms with Crippen LogP contribution in [0, 0.1) is 6.07 Å². The van der Waals surface area contributed by atoms with Crippen molar-refractivity contribution in [3.63, 3.8) is 0 Å². The first-order chi connectivity index (χ1) is 5.86. The highest BCUT2D eigenvalue weighted by molar-refractivity contribution is 5.26. The largest absolute Gasteiger partial charge is 0.494 e. The van der Waals surface area contributed by atoms with Gasteiger partial charge in [0.1, 0.15) is 5.75 Å². The molecule has 12 heavy (non-hydrogen) atoms. The fourth-order valence-corrected chi connectivity index (χ4v) is 1.12. The predicted molar refractivity (Wildman–Crippen MR) is 50.4 cm³/mol. The van der Waals surface area contributed by atoms with Gasteiger partial charge in [0.05, 0.1) is 6.61 Å². The molecule has 1 aromatic rings. The first kappa shape index (κ1) is 9.11. The van der Waals surface area contributed by atoms with E-state index in [9.17, 15) is 0 Å². The van der Waals surface area contributed by atoms with Crippen LogP contribution in [-0.2, 0) is 6.42 Å². The highest BCUT2D eigenvalue weighted by Gasteiger charge is 1.93. The van der Waals surface area contributed by atoms with E-state index in [0.29, 0.717) is 0 Å². The standard InChI is InChI=1S/C11H15O/c1-3-5-10-6-8-11(9-7-10)12-4-2/h6,8-9H,3-5H2,1-2H3. The second-order valence-electron chi connectivity index (χ2n) is 2.73. The Bertz CT molecular complexity index is 188. The van der Waals surface area contributed by atoms with Gasteiger partial charge in [-0.3, -0.25) is 0 Å². The molecule has 0 aromatic heterocycles. The minimum Gasteiger partial charge on any atom is -0.494 e. The average molecular weight is 163 g/mol. The Balaban J connectivity index is 2.58. The van der Waals surface area contributed by atoms with Gasteiger partial charge >= 0.3 is 0 Å². The van der Waals surface area contributed by atoms with E-state index < -0.39 is 0 Å². The summed E-state index contributed by atoms with van der Waals surface area (Å²) < 4.78 is 5.31. The fourth-order valence-electron chi connectivity index (χ4n) is 1.12. The smallest absolute Gasteiger partial charge is 0.119 e. The van der Waals surface area contributed by atoms with E-state index >= 15 is 0 Å². The van der Waals surface area contributed by atoms with E-state index in [-0.39, 0.29) is 0 Å². The van der Waals surface area contributed by atoms with Gasteiger partial charge < -0.3 is 4.74 Å². The van der Waals surface area contributed by atoms with Crippen molar-refractivity contribution in [2.45, 2.75) is 26.7 Å². The molecule has 0 aliphatic carbocycles. The van der Waals surface area contributed by atoms with Crippen molar-refractivity contribution in [1.82, 2.24) is 0 Å². The van der Waals surface area contributed by atoms with Crippen LogP contribution in [0.15, 0.2) is 18.2 Å². The van der Waals surface area contributed by atoms with Crippen molar-refractivity contribution in [1.29, 1.82) is 0 Å². The van der Waals surface area contributed by atoms with Crippen molar-refractivity contribution in [2.75, 3.05) is 6.61 Å². The third-order valence-corrected chi connectivity index (χ3v) is 1.68. The molecule has 0 N–H and O–H groups in total. The van der Waals surface area contributed by atoms with E-state index in [2.05, 4.69) is 19.1 Å². The van der Waals surface area contributed by atoms with Gasteiger partial charge in [-0.05, 0) is 37.1 Å². The molecule has 65 valence electrons. The summed E-state index contributed by atoms with van der Waals surface area (Å²) in [5.74, 6) is 0.914. The van der Waals surface area contributed by atoms with Crippen molar-refractivity contribution in [2.24, 2.45) is 0 Å². The summed E-state index contributed by atoms with van der Waals surface area (Å²) in [5, 5.41) is 0. The maximum Gasteiger partial charge on any atom is 0.119 e. The highest BCUT2D eigenvalue weighted by Crippen LogP contribution is 2.12. The Morgan fingerprint density at radius 1 is 1.33 bits per heavy atom. The molecular weight excluding hydrogens is 148 g/mol. The minimum absolute atomic E-state index is 0.723. The van der Waals surface area contributed by atoms with Crippen LogP contribution in [0.3, 0.4) is 0 Å². The van der Waals surface area contributed by atoms with Crippen LogP contribution < -0.4 is 4.74 Å². The molecule has 0 unspecified atom stereocenters. The normalized spacial score (nSPS) is 9.83. The number of benzene rings is 1. The zero-order valence-electron chi connectivity index (χ0n) is 7.76. The number of hydrogen-bond donors (Lipinski definition) is 0. The van der Waals surface area contributed by atoms with Crippen molar-refractivity contribution in [3.05, 3.63) is 29.8 Å². The number of aryl methyl sites for hydroxylation is 1. The van der Waals surface area contributed by atoms with Crippen LogP contribution in [0.4, 0.5) is 0 Å². The lowest BCUT2D eigenvalue weighted by Gasteiger charge is -2.02. The lowest BCUT2D eigenvalue weighted by atomic mass is 10.1. The van der Waals surface area contributed by atoms with Crippen LogP contribution in [0.5, 0.6) is 5.75 Å². The second kappa shape index (κ2) is 4.81. The van der Waals surface area contributed by atoms with Crippen molar-refractivity contribution in [3.8, 4) is 5.75 Å². The molecule has 1 aromatic carbocycles. The van der Waals surface area contributed by atoms with Gasteiger partial charge in [0, 0.05) is 0 Å². The van der Waals surface area contributed by atoms with Crippen LogP contribution >= 0.6 is 0 Å². The molecular formula is C11H15O. The molecule has 0 bridgehead atoms. The Morgan fingerprint density at radius 2 is 2.17 bits per heavy atom. The van der Waals surface area contributed by atoms with Crippen LogP contribution in [0.25, 0.3) is 0 Å². The highest BCUT2D eigenvalue weighted by atomic mass is 16.5. The summed E-state index contributed by atoms with van der Waals surface area (Å²) in [6.45, 7) is 4.88. The molecule has 0 heterocycles. The Hall–Kier alpha value is -0.980. The van der Waals surface area contributed by atoms with Crippen LogP contribution in [-0.4, -0.2) is 6.61 Å². The van der Waals surface area contributed by atoms with Gasteiger partial charge in [-0.25, -0.2) is 0 Å². The van der Waals surface area contributed by atoms with Gasteiger partial charge in [-0.15, -0.1) is 0 Å². The quantitative estimate of drug-likeness (QED) is 0.663. The summed E-state index contributed by atoms with van der Waals surface area (Å²) >= 11 is 0. The summed E-state index contributed by atoms with van der Waals surface area (Å²) in [7, 11) is 0. The lowest BCUT2D eigenvalue weighted by molar-refractivity contribution is 0.340. The summed E-state index contributed by atoms with van der Waals surface area (Å²) in [6, 6.07) is 9.19. The molecule has 1 radical (unpaired) electrons. The van der Waals surface area contributed by atoms with Gasteiger partial charge in [0.15, 0.2) is 0 Å². The molecule has 0 saturated carbocycles. The Morgan fingerprint density at radius 3 is 2.67 bits per heavy atom.